The Hall–Kier alpha value is -7.16. The zero-order valence-corrected chi connectivity index (χ0v) is 31.4. The van der Waals surface area contributed by atoms with Gasteiger partial charge in [-0.15, -0.1) is 0 Å². The van der Waals surface area contributed by atoms with Crippen LogP contribution in [0.3, 0.4) is 0 Å². The molecule has 0 aliphatic carbocycles. The lowest BCUT2D eigenvalue weighted by atomic mass is 9.83. The third kappa shape index (κ3) is 4.82. The third-order valence-corrected chi connectivity index (χ3v) is 11.6. The summed E-state index contributed by atoms with van der Waals surface area (Å²) in [5.74, 6) is 0. The van der Waals surface area contributed by atoms with E-state index in [1.807, 2.05) is 0 Å². The summed E-state index contributed by atoms with van der Waals surface area (Å²) < 4.78 is 0. The van der Waals surface area contributed by atoms with Crippen molar-refractivity contribution in [2.75, 3.05) is 9.80 Å². The normalized spacial score (nSPS) is 11.8. The van der Waals surface area contributed by atoms with Crippen molar-refractivity contribution in [2.45, 2.75) is 13.8 Å². The summed E-state index contributed by atoms with van der Waals surface area (Å²) in [6.45, 7) is 4.31. The van der Waals surface area contributed by atoms with Gasteiger partial charge in [-0.3, -0.25) is 0 Å². The molecule has 11 aromatic carbocycles. The molecule has 0 aliphatic heterocycles. The van der Waals surface area contributed by atoms with Crippen LogP contribution in [0.15, 0.2) is 194 Å². The highest BCUT2D eigenvalue weighted by molar-refractivity contribution is 6.46. The molecule has 11 rings (SSSR count). The van der Waals surface area contributed by atoms with Gasteiger partial charge in [-0.25, -0.2) is 0 Å². The average molecular weight is 715 g/mol. The van der Waals surface area contributed by atoms with Gasteiger partial charge in [0.15, 0.2) is 0 Å². The molecule has 264 valence electrons. The fraction of sp³-hybridized carbons (Fsp3) is 0.0370. The fourth-order valence-corrected chi connectivity index (χ4v) is 9.22. The van der Waals surface area contributed by atoms with E-state index in [1.165, 1.54) is 87.1 Å². The SMILES string of the molecule is Cc1ccc(N(c2ccccc2)c2c3ccccc3c3c4c2cccc4c2cccc4c(N(c5ccccc5)c5ccc(C)cc5)c5ccccc5c3c42)cc1. The number of para-hydroxylation sites is 2. The topological polar surface area (TPSA) is 6.48 Å². The monoisotopic (exact) mass is 714 g/mol. The van der Waals surface area contributed by atoms with Gasteiger partial charge in [0, 0.05) is 55.1 Å². The van der Waals surface area contributed by atoms with Gasteiger partial charge in [0.1, 0.15) is 0 Å². The molecule has 2 nitrogen and oxygen atoms in total. The predicted octanol–water partition coefficient (Wildman–Crippen LogP) is 15.6. The summed E-state index contributed by atoms with van der Waals surface area (Å²) in [6, 6.07) is 71.5. The Morgan fingerprint density at radius 3 is 0.911 bits per heavy atom. The molecule has 0 saturated heterocycles. The highest BCUT2D eigenvalue weighted by atomic mass is 15.2. The van der Waals surface area contributed by atoms with E-state index in [4.69, 9.17) is 0 Å². The predicted molar refractivity (Wildman–Crippen MR) is 242 cm³/mol. The Kier molecular flexibility index (Phi) is 7.33. The lowest BCUT2D eigenvalue weighted by Gasteiger charge is -2.31. The van der Waals surface area contributed by atoms with E-state index in [2.05, 4.69) is 218 Å². The molecule has 0 amide bonds. The van der Waals surface area contributed by atoms with Gasteiger partial charge < -0.3 is 9.80 Å². The molecule has 0 atom stereocenters. The zero-order valence-electron chi connectivity index (χ0n) is 31.4. The van der Waals surface area contributed by atoms with Crippen molar-refractivity contribution in [1.82, 2.24) is 0 Å². The smallest absolute Gasteiger partial charge is 0.0619 e. The maximum absolute atomic E-state index is 2.46. The first-order chi connectivity index (χ1) is 27.7. The molecule has 0 bridgehead atoms. The number of rotatable bonds is 6. The Bertz CT molecular complexity index is 3020. The lowest BCUT2D eigenvalue weighted by Crippen LogP contribution is -2.12. The quantitative estimate of drug-likeness (QED) is 0.125. The highest BCUT2D eigenvalue weighted by Gasteiger charge is 2.27. The summed E-state index contributed by atoms with van der Waals surface area (Å²) in [5.41, 5.74) is 9.42. The summed E-state index contributed by atoms with van der Waals surface area (Å²) >= 11 is 0. The Morgan fingerprint density at radius 2 is 0.518 bits per heavy atom. The first-order valence-electron chi connectivity index (χ1n) is 19.4. The van der Waals surface area contributed by atoms with E-state index in [-0.39, 0.29) is 0 Å². The first kappa shape index (κ1) is 32.3. The third-order valence-electron chi connectivity index (χ3n) is 11.6. The second-order valence-corrected chi connectivity index (χ2v) is 15.0. The van der Waals surface area contributed by atoms with Crippen LogP contribution in [-0.2, 0) is 0 Å². The number of benzene rings is 11. The van der Waals surface area contributed by atoms with Crippen molar-refractivity contribution in [3.05, 3.63) is 205 Å². The van der Waals surface area contributed by atoms with E-state index in [0.717, 1.165) is 22.7 Å². The van der Waals surface area contributed by atoms with Crippen molar-refractivity contribution < 1.29 is 0 Å². The minimum atomic E-state index is 1.13. The number of hydrogen-bond donors (Lipinski definition) is 0. The Balaban J connectivity index is 1.35. The summed E-state index contributed by atoms with van der Waals surface area (Å²) in [6.07, 6.45) is 0. The van der Waals surface area contributed by atoms with Crippen LogP contribution in [0, 0.1) is 13.8 Å². The van der Waals surface area contributed by atoms with Crippen molar-refractivity contribution in [3.63, 3.8) is 0 Å². The van der Waals surface area contributed by atoms with Gasteiger partial charge >= 0.3 is 0 Å². The van der Waals surface area contributed by atoms with Crippen LogP contribution in [0.1, 0.15) is 11.1 Å². The molecule has 0 N–H and O–H groups in total. The molecule has 0 unspecified atom stereocenters. The molecular formula is C54H38N2. The number of fused-ring (bicyclic) bond motifs is 6. The summed E-state index contributed by atoms with van der Waals surface area (Å²) in [7, 11) is 0. The van der Waals surface area contributed by atoms with Gasteiger partial charge in [0.25, 0.3) is 0 Å². The van der Waals surface area contributed by atoms with Crippen molar-refractivity contribution >= 4 is 98.8 Å². The standard InChI is InChI=1S/C54H38N2/c1-35-27-31-39(32-28-35)55(37-15-5-3-6-16-37)53-45-21-11-9-19-43(45)51-49-41(23-13-25-47(49)53)42-24-14-26-48-50(42)52(51)44-20-10-12-22-46(44)54(48)56(38-17-7-4-8-18-38)40-33-29-36(2)30-34-40/h3-34H,1-2H3. The molecule has 0 aliphatic rings. The second kappa shape index (κ2) is 12.7. The highest BCUT2D eigenvalue weighted by Crippen LogP contribution is 2.54. The maximum atomic E-state index is 2.46. The van der Waals surface area contributed by atoms with Crippen LogP contribution in [0.2, 0.25) is 0 Å². The van der Waals surface area contributed by atoms with Crippen LogP contribution in [0.5, 0.6) is 0 Å². The average Bonchev–Trinajstić information content (AvgIpc) is 3.25. The van der Waals surface area contributed by atoms with Gasteiger partial charge in [-0.2, -0.15) is 0 Å². The molecule has 56 heavy (non-hydrogen) atoms. The second-order valence-electron chi connectivity index (χ2n) is 15.0. The Labute approximate surface area is 326 Å². The Morgan fingerprint density at radius 1 is 0.232 bits per heavy atom. The number of hydrogen-bond acceptors (Lipinski definition) is 2. The minimum absolute atomic E-state index is 1.13. The van der Waals surface area contributed by atoms with Crippen molar-refractivity contribution in [1.29, 1.82) is 0 Å². The molecular weight excluding hydrogens is 677 g/mol. The molecule has 0 saturated carbocycles. The summed E-state index contributed by atoms with van der Waals surface area (Å²) in [5, 5.41) is 15.2. The zero-order chi connectivity index (χ0) is 37.3. The van der Waals surface area contributed by atoms with Crippen LogP contribution in [-0.4, -0.2) is 0 Å². The van der Waals surface area contributed by atoms with Gasteiger partial charge in [-0.1, -0.05) is 157 Å². The molecule has 0 spiro atoms. The molecule has 0 radical (unpaired) electrons. The lowest BCUT2D eigenvalue weighted by molar-refractivity contribution is 1.30. The molecule has 0 heterocycles. The van der Waals surface area contributed by atoms with Gasteiger partial charge in [0.2, 0.25) is 0 Å². The molecule has 0 aromatic heterocycles. The first-order valence-corrected chi connectivity index (χ1v) is 19.4. The number of aryl methyl sites for hydroxylation is 2. The van der Waals surface area contributed by atoms with E-state index >= 15 is 0 Å². The maximum Gasteiger partial charge on any atom is 0.0619 e. The van der Waals surface area contributed by atoms with E-state index in [0.29, 0.717) is 0 Å². The van der Waals surface area contributed by atoms with Crippen molar-refractivity contribution in [2.24, 2.45) is 0 Å². The summed E-state index contributed by atoms with van der Waals surface area (Å²) in [4.78, 5) is 4.92. The van der Waals surface area contributed by atoms with Crippen LogP contribution >= 0.6 is 0 Å². The number of anilines is 6. The molecule has 0 fully saturated rings. The van der Waals surface area contributed by atoms with Crippen LogP contribution in [0.4, 0.5) is 34.1 Å². The number of nitrogens with zero attached hydrogens (tertiary/aromatic N) is 2. The van der Waals surface area contributed by atoms with E-state index in [1.54, 1.807) is 0 Å². The largest absolute Gasteiger partial charge is 0.309 e. The van der Waals surface area contributed by atoms with E-state index < -0.39 is 0 Å². The molecule has 2 heteroatoms. The molecule has 11 aromatic rings. The van der Waals surface area contributed by atoms with Crippen molar-refractivity contribution in [3.8, 4) is 0 Å². The van der Waals surface area contributed by atoms with Gasteiger partial charge in [-0.05, 0) is 94.7 Å². The van der Waals surface area contributed by atoms with Crippen LogP contribution < -0.4 is 9.80 Å². The van der Waals surface area contributed by atoms with Crippen LogP contribution in [0.25, 0.3) is 64.6 Å². The van der Waals surface area contributed by atoms with E-state index in [9.17, 15) is 0 Å². The fourth-order valence-electron chi connectivity index (χ4n) is 9.22. The van der Waals surface area contributed by atoms with Gasteiger partial charge in [0.05, 0.1) is 11.4 Å². The minimum Gasteiger partial charge on any atom is -0.309 e.